The van der Waals surface area contributed by atoms with Crippen molar-refractivity contribution in [2.45, 2.75) is 13.8 Å². The molecule has 0 radical (unpaired) electrons. The summed E-state index contributed by atoms with van der Waals surface area (Å²) in [6.07, 6.45) is 0. The Balaban J connectivity index is 1.56. The first-order valence-corrected chi connectivity index (χ1v) is 9.22. The number of fused-ring (bicyclic) bond motifs is 1. The number of anilines is 4. The van der Waals surface area contributed by atoms with Gasteiger partial charge in [0.15, 0.2) is 11.5 Å². The average molecular weight is 378 g/mol. The molecule has 1 aliphatic heterocycles. The number of ether oxygens (including phenoxy) is 3. The van der Waals surface area contributed by atoms with Gasteiger partial charge in [-0.15, -0.1) is 0 Å². The molecule has 2 heterocycles. The second-order valence-corrected chi connectivity index (χ2v) is 6.22. The number of rotatable bonds is 6. The van der Waals surface area contributed by atoms with Crippen LogP contribution in [0.1, 0.15) is 12.7 Å². The number of aromatic nitrogens is 2. The molecule has 0 fully saturated rings. The number of para-hydroxylation sites is 2. The normalized spacial score (nSPS) is 12.4. The summed E-state index contributed by atoms with van der Waals surface area (Å²) >= 11 is 0. The molecule has 1 aliphatic rings. The van der Waals surface area contributed by atoms with Crippen LogP contribution in [-0.2, 0) is 0 Å². The minimum atomic E-state index is 0.552. The minimum absolute atomic E-state index is 0.552. The lowest BCUT2D eigenvalue weighted by Crippen LogP contribution is -2.15. The molecule has 2 aromatic carbocycles. The van der Waals surface area contributed by atoms with Gasteiger partial charge in [0.25, 0.3) is 0 Å². The molecule has 0 amide bonds. The SMILES string of the molecule is CCOc1ccccc1Nc1cc(Nc2ccc3c(c2)OCCO3)nc(C)n1. The lowest BCUT2D eigenvalue weighted by atomic mass is 10.2. The smallest absolute Gasteiger partial charge is 0.163 e. The second-order valence-electron chi connectivity index (χ2n) is 6.22. The summed E-state index contributed by atoms with van der Waals surface area (Å²) in [5, 5.41) is 6.62. The first-order chi connectivity index (χ1) is 13.7. The van der Waals surface area contributed by atoms with Crippen molar-refractivity contribution in [3.05, 3.63) is 54.4 Å². The lowest BCUT2D eigenvalue weighted by molar-refractivity contribution is 0.171. The molecule has 0 saturated heterocycles. The van der Waals surface area contributed by atoms with Crippen molar-refractivity contribution >= 4 is 23.0 Å². The van der Waals surface area contributed by atoms with Gasteiger partial charge < -0.3 is 24.8 Å². The van der Waals surface area contributed by atoms with E-state index in [9.17, 15) is 0 Å². The molecule has 2 N–H and O–H groups in total. The average Bonchev–Trinajstić information content (AvgIpc) is 2.69. The van der Waals surface area contributed by atoms with E-state index in [0.29, 0.717) is 37.3 Å². The summed E-state index contributed by atoms with van der Waals surface area (Å²) < 4.78 is 16.9. The number of nitrogens with one attached hydrogen (secondary N) is 2. The van der Waals surface area contributed by atoms with Gasteiger partial charge in [-0.25, -0.2) is 9.97 Å². The number of aryl methyl sites for hydroxylation is 1. The van der Waals surface area contributed by atoms with E-state index in [4.69, 9.17) is 14.2 Å². The van der Waals surface area contributed by atoms with Gasteiger partial charge in [0, 0.05) is 17.8 Å². The van der Waals surface area contributed by atoms with Crippen molar-refractivity contribution in [3.8, 4) is 17.2 Å². The number of nitrogens with zero attached hydrogens (tertiary/aromatic N) is 2. The Kier molecular flexibility index (Phi) is 5.14. The van der Waals surface area contributed by atoms with Gasteiger partial charge in [-0.05, 0) is 38.1 Å². The van der Waals surface area contributed by atoms with Crippen LogP contribution in [0, 0.1) is 6.92 Å². The van der Waals surface area contributed by atoms with Crippen LogP contribution in [0.25, 0.3) is 0 Å². The van der Waals surface area contributed by atoms with Crippen molar-refractivity contribution in [2.24, 2.45) is 0 Å². The molecule has 0 bridgehead atoms. The molecule has 0 unspecified atom stereocenters. The Morgan fingerprint density at radius 1 is 0.929 bits per heavy atom. The monoisotopic (exact) mass is 378 g/mol. The zero-order valence-corrected chi connectivity index (χ0v) is 15.9. The van der Waals surface area contributed by atoms with Crippen LogP contribution < -0.4 is 24.8 Å². The van der Waals surface area contributed by atoms with Gasteiger partial charge in [0.2, 0.25) is 0 Å². The third-order valence-corrected chi connectivity index (χ3v) is 4.10. The number of hydrogen-bond donors (Lipinski definition) is 2. The molecule has 3 aromatic rings. The third-order valence-electron chi connectivity index (χ3n) is 4.10. The topological polar surface area (TPSA) is 77.5 Å². The van der Waals surface area contributed by atoms with E-state index in [1.54, 1.807) is 0 Å². The van der Waals surface area contributed by atoms with E-state index in [-0.39, 0.29) is 0 Å². The highest BCUT2D eigenvalue weighted by molar-refractivity contribution is 5.68. The highest BCUT2D eigenvalue weighted by Gasteiger charge is 2.12. The van der Waals surface area contributed by atoms with Crippen LogP contribution >= 0.6 is 0 Å². The molecule has 0 spiro atoms. The Morgan fingerprint density at radius 3 is 2.50 bits per heavy atom. The maximum Gasteiger partial charge on any atom is 0.163 e. The highest BCUT2D eigenvalue weighted by Crippen LogP contribution is 2.34. The predicted octanol–water partition coefficient (Wildman–Crippen LogP) is 4.44. The summed E-state index contributed by atoms with van der Waals surface area (Å²) in [7, 11) is 0. The first-order valence-electron chi connectivity index (χ1n) is 9.22. The number of hydrogen-bond acceptors (Lipinski definition) is 7. The minimum Gasteiger partial charge on any atom is -0.492 e. The first kappa shape index (κ1) is 17.9. The Morgan fingerprint density at radius 2 is 1.68 bits per heavy atom. The van der Waals surface area contributed by atoms with Crippen molar-refractivity contribution in [1.29, 1.82) is 0 Å². The molecule has 0 saturated carbocycles. The molecular weight excluding hydrogens is 356 g/mol. The van der Waals surface area contributed by atoms with Gasteiger partial charge in [-0.1, -0.05) is 12.1 Å². The van der Waals surface area contributed by atoms with E-state index in [1.165, 1.54) is 0 Å². The third kappa shape index (κ3) is 4.09. The van der Waals surface area contributed by atoms with E-state index in [1.807, 2.05) is 62.4 Å². The fourth-order valence-electron chi connectivity index (χ4n) is 2.95. The van der Waals surface area contributed by atoms with Crippen molar-refractivity contribution in [1.82, 2.24) is 9.97 Å². The summed E-state index contributed by atoms with van der Waals surface area (Å²) in [4.78, 5) is 8.96. The van der Waals surface area contributed by atoms with Gasteiger partial charge in [-0.2, -0.15) is 0 Å². The quantitative estimate of drug-likeness (QED) is 0.656. The molecule has 7 nitrogen and oxygen atoms in total. The second kappa shape index (κ2) is 8.04. The molecule has 28 heavy (non-hydrogen) atoms. The van der Waals surface area contributed by atoms with E-state index in [0.717, 1.165) is 28.6 Å². The van der Waals surface area contributed by atoms with Gasteiger partial charge in [-0.3, -0.25) is 0 Å². The van der Waals surface area contributed by atoms with Crippen LogP contribution in [0.4, 0.5) is 23.0 Å². The summed E-state index contributed by atoms with van der Waals surface area (Å²) in [5.74, 6) is 4.28. The van der Waals surface area contributed by atoms with Crippen molar-refractivity contribution in [3.63, 3.8) is 0 Å². The zero-order valence-electron chi connectivity index (χ0n) is 15.9. The molecule has 0 aliphatic carbocycles. The van der Waals surface area contributed by atoms with Gasteiger partial charge in [0.1, 0.15) is 36.4 Å². The zero-order chi connectivity index (χ0) is 19.3. The van der Waals surface area contributed by atoms with Crippen LogP contribution in [0.3, 0.4) is 0 Å². The largest absolute Gasteiger partial charge is 0.492 e. The molecule has 0 atom stereocenters. The molecular formula is C21H22N4O3. The van der Waals surface area contributed by atoms with E-state index < -0.39 is 0 Å². The molecule has 4 rings (SSSR count). The van der Waals surface area contributed by atoms with Gasteiger partial charge in [0.05, 0.1) is 12.3 Å². The van der Waals surface area contributed by atoms with Crippen LogP contribution in [0.5, 0.6) is 17.2 Å². The summed E-state index contributed by atoms with van der Waals surface area (Å²) in [6.45, 7) is 5.54. The summed E-state index contributed by atoms with van der Waals surface area (Å²) in [5.41, 5.74) is 1.72. The maximum atomic E-state index is 5.67. The standard InChI is InChI=1S/C21H22N4O3/c1-3-26-17-7-5-4-6-16(17)25-21-13-20(22-14(2)23-21)24-15-8-9-18-19(12-15)28-11-10-27-18/h4-9,12-13H,3,10-11H2,1-2H3,(H2,22,23,24,25). The van der Waals surface area contributed by atoms with Crippen LogP contribution in [0.2, 0.25) is 0 Å². The Hall–Kier alpha value is -3.48. The lowest BCUT2D eigenvalue weighted by Gasteiger charge is -2.19. The van der Waals surface area contributed by atoms with Crippen LogP contribution in [-0.4, -0.2) is 29.8 Å². The molecule has 144 valence electrons. The Labute approximate surface area is 163 Å². The Bertz CT molecular complexity index is 978. The van der Waals surface area contributed by atoms with Crippen molar-refractivity contribution in [2.75, 3.05) is 30.5 Å². The highest BCUT2D eigenvalue weighted by atomic mass is 16.6. The maximum absolute atomic E-state index is 5.67. The summed E-state index contributed by atoms with van der Waals surface area (Å²) in [6, 6.07) is 15.4. The predicted molar refractivity (Wildman–Crippen MR) is 108 cm³/mol. The van der Waals surface area contributed by atoms with E-state index in [2.05, 4.69) is 20.6 Å². The van der Waals surface area contributed by atoms with Gasteiger partial charge >= 0.3 is 0 Å². The number of benzene rings is 2. The van der Waals surface area contributed by atoms with Crippen LogP contribution in [0.15, 0.2) is 48.5 Å². The molecule has 7 heteroatoms. The molecule has 1 aromatic heterocycles. The van der Waals surface area contributed by atoms with Crippen molar-refractivity contribution < 1.29 is 14.2 Å². The fourth-order valence-corrected chi connectivity index (χ4v) is 2.95. The van der Waals surface area contributed by atoms with E-state index >= 15 is 0 Å². The fraction of sp³-hybridized carbons (Fsp3) is 0.238.